The second-order valence-electron chi connectivity index (χ2n) is 16.1. The van der Waals surface area contributed by atoms with Gasteiger partial charge in [-0.3, -0.25) is 0 Å². The van der Waals surface area contributed by atoms with Crippen LogP contribution < -0.4 is 0 Å². The molecule has 0 spiro atoms. The zero-order chi connectivity index (χ0) is 29.9. The molecule has 5 fully saturated rings. The Bertz CT molecular complexity index is 1080. The SMILES string of the molecule is CC1CCC(C(C)C)C(OC(=O)N(CC2CCCO2)CC2(O)CCC3C4=CC=C5CC(O)CCC5(C)C4CCC32C)C1. The smallest absolute Gasteiger partial charge is 0.410 e. The van der Waals surface area contributed by atoms with Gasteiger partial charge >= 0.3 is 6.09 Å². The van der Waals surface area contributed by atoms with E-state index >= 15 is 0 Å². The van der Waals surface area contributed by atoms with Crippen LogP contribution in [0, 0.1) is 40.4 Å². The Morgan fingerprint density at radius 1 is 1.07 bits per heavy atom. The van der Waals surface area contributed by atoms with Crippen LogP contribution in [0.25, 0.3) is 0 Å². The topological polar surface area (TPSA) is 79.2 Å². The normalized spacial score (nSPS) is 45.0. The van der Waals surface area contributed by atoms with Gasteiger partial charge in [0.25, 0.3) is 0 Å². The third kappa shape index (κ3) is 5.30. The van der Waals surface area contributed by atoms with Gasteiger partial charge in [0.1, 0.15) is 6.10 Å². The minimum Gasteiger partial charge on any atom is -0.446 e. The molecule has 6 nitrogen and oxygen atoms in total. The zero-order valence-electron chi connectivity index (χ0n) is 26.9. The Morgan fingerprint density at radius 3 is 2.60 bits per heavy atom. The number of amides is 1. The summed E-state index contributed by atoms with van der Waals surface area (Å²) in [6.45, 7) is 13.0. The van der Waals surface area contributed by atoms with Crippen molar-refractivity contribution >= 4 is 6.09 Å². The van der Waals surface area contributed by atoms with E-state index < -0.39 is 5.60 Å². The second kappa shape index (κ2) is 11.5. The molecule has 6 aliphatic rings. The lowest BCUT2D eigenvalue weighted by atomic mass is 9.50. The van der Waals surface area contributed by atoms with Crippen molar-refractivity contribution in [1.29, 1.82) is 0 Å². The van der Waals surface area contributed by atoms with Gasteiger partial charge in [0.05, 0.1) is 30.9 Å². The highest BCUT2D eigenvalue weighted by atomic mass is 16.6. The Kier molecular flexibility index (Phi) is 8.41. The first kappa shape index (κ1) is 30.6. The second-order valence-corrected chi connectivity index (χ2v) is 16.1. The molecule has 6 heteroatoms. The van der Waals surface area contributed by atoms with Gasteiger partial charge in [0, 0.05) is 12.0 Å². The molecule has 4 saturated carbocycles. The first-order chi connectivity index (χ1) is 19.9. The highest BCUT2D eigenvalue weighted by Crippen LogP contribution is 2.66. The summed E-state index contributed by atoms with van der Waals surface area (Å²) in [6, 6.07) is 0. The quantitative estimate of drug-likeness (QED) is 0.351. The fourth-order valence-electron chi connectivity index (χ4n) is 10.4. The van der Waals surface area contributed by atoms with E-state index in [0.717, 1.165) is 70.8 Å². The van der Waals surface area contributed by atoms with Crippen molar-refractivity contribution in [1.82, 2.24) is 4.90 Å². The molecule has 5 aliphatic carbocycles. The molecule has 0 radical (unpaired) electrons. The van der Waals surface area contributed by atoms with Gasteiger partial charge in [-0.25, -0.2) is 4.79 Å². The molecule has 10 unspecified atom stereocenters. The molecule has 0 aromatic heterocycles. The average Bonchev–Trinajstić information content (AvgIpc) is 3.54. The molecule has 0 aromatic rings. The summed E-state index contributed by atoms with van der Waals surface area (Å²) >= 11 is 0. The van der Waals surface area contributed by atoms with E-state index in [0.29, 0.717) is 49.1 Å². The van der Waals surface area contributed by atoms with Crippen LogP contribution in [0.4, 0.5) is 4.79 Å². The van der Waals surface area contributed by atoms with Crippen LogP contribution in [0.1, 0.15) is 112 Å². The van der Waals surface area contributed by atoms with Gasteiger partial charge in [-0.05, 0) is 106 Å². The molecule has 6 rings (SSSR count). The molecule has 0 bridgehead atoms. The van der Waals surface area contributed by atoms with E-state index in [1.54, 1.807) is 0 Å². The Morgan fingerprint density at radius 2 is 1.86 bits per heavy atom. The predicted octanol–water partition coefficient (Wildman–Crippen LogP) is 7.04. The van der Waals surface area contributed by atoms with Crippen molar-refractivity contribution in [3.05, 3.63) is 23.3 Å². The molecular weight excluding hydrogens is 526 g/mol. The fraction of sp³-hybridized carbons (Fsp3) is 0.861. The van der Waals surface area contributed by atoms with E-state index in [9.17, 15) is 15.0 Å². The number of fused-ring (bicyclic) bond motifs is 5. The van der Waals surface area contributed by atoms with Gasteiger partial charge in [0.2, 0.25) is 0 Å². The van der Waals surface area contributed by atoms with E-state index in [-0.39, 0.29) is 35.2 Å². The number of ether oxygens (including phenoxy) is 2. The number of nitrogens with zero attached hydrogens (tertiary/aromatic N) is 1. The lowest BCUT2D eigenvalue weighted by Crippen LogP contribution is -2.57. The first-order valence-electron chi connectivity index (χ1n) is 17.3. The lowest BCUT2D eigenvalue weighted by Gasteiger charge is -2.56. The molecule has 2 N–H and O–H groups in total. The van der Waals surface area contributed by atoms with Crippen molar-refractivity contribution in [2.24, 2.45) is 40.4 Å². The molecule has 236 valence electrons. The van der Waals surface area contributed by atoms with E-state index in [2.05, 4.69) is 46.8 Å². The molecule has 1 heterocycles. The Labute approximate surface area is 254 Å². The number of hydrogen-bond donors (Lipinski definition) is 2. The molecule has 1 amide bonds. The minimum atomic E-state index is -0.966. The monoisotopic (exact) mass is 583 g/mol. The van der Waals surface area contributed by atoms with Crippen molar-refractivity contribution < 1.29 is 24.5 Å². The van der Waals surface area contributed by atoms with E-state index in [1.807, 2.05) is 4.90 Å². The van der Waals surface area contributed by atoms with E-state index in [4.69, 9.17) is 9.47 Å². The largest absolute Gasteiger partial charge is 0.446 e. The zero-order valence-corrected chi connectivity index (χ0v) is 26.9. The van der Waals surface area contributed by atoms with Gasteiger partial charge in [-0.15, -0.1) is 0 Å². The van der Waals surface area contributed by atoms with Gasteiger partial charge in [0.15, 0.2) is 0 Å². The van der Waals surface area contributed by atoms with Crippen LogP contribution in [-0.2, 0) is 9.47 Å². The summed E-state index contributed by atoms with van der Waals surface area (Å²) in [7, 11) is 0. The van der Waals surface area contributed by atoms with Gasteiger partial charge < -0.3 is 24.6 Å². The van der Waals surface area contributed by atoms with Crippen molar-refractivity contribution in [3.63, 3.8) is 0 Å². The van der Waals surface area contributed by atoms with Crippen molar-refractivity contribution in [2.45, 2.75) is 136 Å². The standard InChI is InChI=1S/C36H57NO5/c1-23(2)28-10-8-24(3)19-32(28)42-33(39)37(21-27-7-6-18-41-27)22-36(40)17-14-31-29-11-9-25-20-26(38)12-15-34(25,4)30(29)13-16-35(31,36)5/h9,11,23-24,26-28,30-32,38,40H,6-8,10,12-22H2,1-5H3. The summed E-state index contributed by atoms with van der Waals surface area (Å²) in [4.78, 5) is 15.9. The number of aliphatic hydroxyl groups is 2. The number of hydrogen-bond acceptors (Lipinski definition) is 5. The summed E-state index contributed by atoms with van der Waals surface area (Å²) < 4.78 is 12.4. The Hall–Kier alpha value is -1.37. The first-order valence-corrected chi connectivity index (χ1v) is 17.3. The number of carbonyl (C=O) groups excluding carboxylic acids is 1. The lowest BCUT2D eigenvalue weighted by molar-refractivity contribution is -0.106. The van der Waals surface area contributed by atoms with Crippen LogP contribution >= 0.6 is 0 Å². The highest BCUT2D eigenvalue weighted by Gasteiger charge is 2.62. The van der Waals surface area contributed by atoms with Crippen LogP contribution in [0.15, 0.2) is 23.3 Å². The number of rotatable bonds is 6. The third-order valence-corrected chi connectivity index (χ3v) is 13.2. The van der Waals surface area contributed by atoms with Crippen molar-refractivity contribution in [2.75, 3.05) is 19.7 Å². The molecular formula is C36H57NO5. The molecule has 10 atom stereocenters. The molecule has 1 saturated heterocycles. The summed E-state index contributed by atoms with van der Waals surface area (Å²) in [6.07, 6.45) is 15.7. The molecule has 42 heavy (non-hydrogen) atoms. The van der Waals surface area contributed by atoms with Crippen LogP contribution in [-0.4, -0.2) is 64.8 Å². The van der Waals surface area contributed by atoms with Gasteiger partial charge in [-0.2, -0.15) is 0 Å². The maximum Gasteiger partial charge on any atom is 0.410 e. The van der Waals surface area contributed by atoms with Gasteiger partial charge in [-0.1, -0.05) is 64.3 Å². The van der Waals surface area contributed by atoms with Crippen LogP contribution in [0.2, 0.25) is 0 Å². The van der Waals surface area contributed by atoms with E-state index in [1.165, 1.54) is 17.6 Å². The third-order valence-electron chi connectivity index (χ3n) is 13.2. The number of allylic oxidation sites excluding steroid dienone is 3. The maximum atomic E-state index is 14.0. The highest BCUT2D eigenvalue weighted by molar-refractivity contribution is 5.68. The number of carbonyl (C=O) groups is 1. The summed E-state index contributed by atoms with van der Waals surface area (Å²) in [5.41, 5.74) is 1.78. The minimum absolute atomic E-state index is 0.0132. The number of aliphatic hydroxyl groups excluding tert-OH is 1. The summed E-state index contributed by atoms with van der Waals surface area (Å²) in [5.74, 6) is 2.22. The van der Waals surface area contributed by atoms with Crippen LogP contribution in [0.3, 0.4) is 0 Å². The average molecular weight is 584 g/mol. The van der Waals surface area contributed by atoms with Crippen LogP contribution in [0.5, 0.6) is 0 Å². The Balaban J connectivity index is 1.23. The molecule has 1 aliphatic heterocycles. The maximum absolute atomic E-state index is 14.0. The fourth-order valence-corrected chi connectivity index (χ4v) is 10.4. The van der Waals surface area contributed by atoms with Crippen molar-refractivity contribution in [3.8, 4) is 0 Å². The summed E-state index contributed by atoms with van der Waals surface area (Å²) in [5, 5.41) is 22.9. The predicted molar refractivity (Wildman–Crippen MR) is 165 cm³/mol. The molecule has 0 aromatic carbocycles.